The van der Waals surface area contributed by atoms with Crippen LogP contribution in [0.1, 0.15) is 17.4 Å². The number of nitrogens with two attached hydrogens (primary N) is 1. The highest BCUT2D eigenvalue weighted by molar-refractivity contribution is 6.99. The molecule has 1 atom stereocenters. The largest absolute Gasteiger partial charge is 0.368 e. The zero-order valence-corrected chi connectivity index (χ0v) is 7.67. The van der Waals surface area contributed by atoms with E-state index < -0.39 is 17.9 Å². The molecule has 0 saturated heterocycles. The third-order valence-electron chi connectivity index (χ3n) is 1.37. The Morgan fingerprint density at radius 2 is 2.38 bits per heavy atom. The van der Waals surface area contributed by atoms with Crippen LogP contribution < -0.4 is 11.1 Å². The van der Waals surface area contributed by atoms with Gasteiger partial charge in [0.15, 0.2) is 5.69 Å². The number of carbonyl (C=O) groups is 2. The molecule has 0 fully saturated rings. The van der Waals surface area contributed by atoms with Crippen LogP contribution in [0.3, 0.4) is 0 Å². The number of hydrogen-bond donors (Lipinski definition) is 2. The van der Waals surface area contributed by atoms with E-state index in [2.05, 4.69) is 14.1 Å². The molecule has 0 spiro atoms. The Balaban J connectivity index is 2.56. The number of amides is 2. The molecule has 1 heterocycles. The minimum atomic E-state index is -0.700. The summed E-state index contributed by atoms with van der Waals surface area (Å²) in [5.41, 5.74) is 5.14. The molecule has 1 aromatic rings. The average molecular weight is 200 g/mol. The minimum Gasteiger partial charge on any atom is -0.368 e. The predicted octanol–water partition coefficient (Wildman–Crippen LogP) is -0.858. The van der Waals surface area contributed by atoms with E-state index in [1.165, 1.54) is 13.1 Å². The number of hydrogen-bond acceptors (Lipinski definition) is 5. The van der Waals surface area contributed by atoms with Gasteiger partial charge in [-0.05, 0) is 6.92 Å². The zero-order chi connectivity index (χ0) is 9.84. The molecule has 13 heavy (non-hydrogen) atoms. The second kappa shape index (κ2) is 3.94. The molecule has 0 radical (unpaired) electrons. The lowest BCUT2D eigenvalue weighted by atomic mass is 10.3. The molecule has 0 bridgehead atoms. The Morgan fingerprint density at radius 1 is 1.69 bits per heavy atom. The second-order valence-corrected chi connectivity index (χ2v) is 2.95. The van der Waals surface area contributed by atoms with Crippen molar-refractivity contribution in [1.29, 1.82) is 0 Å². The number of primary amides is 1. The molecule has 0 aliphatic carbocycles. The van der Waals surface area contributed by atoms with Crippen molar-refractivity contribution in [3.63, 3.8) is 0 Å². The molecule has 1 rings (SSSR count). The fourth-order valence-electron chi connectivity index (χ4n) is 0.606. The summed E-state index contributed by atoms with van der Waals surface area (Å²) >= 11 is 0.926. The van der Waals surface area contributed by atoms with Crippen LogP contribution in [-0.2, 0) is 4.79 Å². The van der Waals surface area contributed by atoms with Crippen molar-refractivity contribution in [2.45, 2.75) is 13.0 Å². The topological polar surface area (TPSA) is 98.0 Å². The molecule has 0 aromatic carbocycles. The number of nitrogens with one attached hydrogen (secondary N) is 1. The number of aromatic nitrogens is 2. The lowest BCUT2D eigenvalue weighted by molar-refractivity contribution is -0.119. The standard InChI is InChI=1S/C6H8N4O2S/c1-3(5(7)11)9-6(12)4-2-8-13-10-4/h2-3H,1H3,(H2,7,11)(H,9,12)/t3-/m0/s1. The molecular weight excluding hydrogens is 192 g/mol. The van der Waals surface area contributed by atoms with Crippen LogP contribution in [0.15, 0.2) is 6.20 Å². The van der Waals surface area contributed by atoms with E-state index in [-0.39, 0.29) is 5.69 Å². The summed E-state index contributed by atoms with van der Waals surface area (Å²) in [6.07, 6.45) is 1.33. The fourth-order valence-corrected chi connectivity index (χ4v) is 1.02. The minimum absolute atomic E-state index is 0.193. The van der Waals surface area contributed by atoms with Gasteiger partial charge in [0.05, 0.1) is 17.9 Å². The SMILES string of the molecule is C[C@H](NC(=O)c1cnsn1)C(N)=O. The van der Waals surface area contributed by atoms with Crippen molar-refractivity contribution in [3.8, 4) is 0 Å². The molecule has 0 saturated carbocycles. The summed E-state index contributed by atoms with van der Waals surface area (Å²) in [6, 6.07) is -0.700. The van der Waals surface area contributed by atoms with Crippen molar-refractivity contribution in [3.05, 3.63) is 11.9 Å². The van der Waals surface area contributed by atoms with Crippen molar-refractivity contribution in [2.24, 2.45) is 5.73 Å². The molecule has 6 nitrogen and oxygen atoms in total. The highest BCUT2D eigenvalue weighted by atomic mass is 32.1. The second-order valence-electron chi connectivity index (χ2n) is 2.39. The van der Waals surface area contributed by atoms with E-state index >= 15 is 0 Å². The molecular formula is C6H8N4O2S. The summed E-state index contributed by atoms with van der Waals surface area (Å²) in [5.74, 6) is -1.03. The van der Waals surface area contributed by atoms with E-state index in [0.29, 0.717) is 0 Å². The monoisotopic (exact) mass is 200 g/mol. The first-order chi connectivity index (χ1) is 6.11. The molecule has 0 unspecified atom stereocenters. The average Bonchev–Trinajstić information content (AvgIpc) is 2.55. The maximum absolute atomic E-state index is 11.2. The van der Waals surface area contributed by atoms with Crippen LogP contribution in [0.25, 0.3) is 0 Å². The maximum Gasteiger partial charge on any atom is 0.273 e. The van der Waals surface area contributed by atoms with Crippen LogP contribution in [-0.4, -0.2) is 26.6 Å². The molecule has 7 heteroatoms. The maximum atomic E-state index is 11.2. The smallest absolute Gasteiger partial charge is 0.273 e. The van der Waals surface area contributed by atoms with Gasteiger partial charge in [0.2, 0.25) is 5.91 Å². The third-order valence-corrected chi connectivity index (χ3v) is 1.85. The Labute approximate surface area is 78.5 Å². The summed E-state index contributed by atoms with van der Waals surface area (Å²) in [7, 11) is 0. The van der Waals surface area contributed by atoms with Crippen molar-refractivity contribution in [2.75, 3.05) is 0 Å². The van der Waals surface area contributed by atoms with Gasteiger partial charge in [0.1, 0.15) is 6.04 Å². The van der Waals surface area contributed by atoms with Gasteiger partial charge in [-0.1, -0.05) is 0 Å². The van der Waals surface area contributed by atoms with E-state index in [1.54, 1.807) is 0 Å². The van der Waals surface area contributed by atoms with Gasteiger partial charge in [-0.2, -0.15) is 8.75 Å². The molecule has 0 aliphatic rings. The van der Waals surface area contributed by atoms with Gasteiger partial charge in [0, 0.05) is 0 Å². The van der Waals surface area contributed by atoms with Gasteiger partial charge in [-0.25, -0.2) is 0 Å². The first-order valence-corrected chi connectivity index (χ1v) is 4.22. The first-order valence-electron chi connectivity index (χ1n) is 3.49. The lowest BCUT2D eigenvalue weighted by Gasteiger charge is -2.07. The van der Waals surface area contributed by atoms with Gasteiger partial charge in [0.25, 0.3) is 5.91 Å². The van der Waals surface area contributed by atoms with Gasteiger partial charge < -0.3 is 11.1 Å². The van der Waals surface area contributed by atoms with Crippen LogP contribution in [0.4, 0.5) is 0 Å². The fraction of sp³-hybridized carbons (Fsp3) is 0.333. The van der Waals surface area contributed by atoms with E-state index in [1.807, 2.05) is 0 Å². The summed E-state index contributed by atoms with van der Waals surface area (Å²) < 4.78 is 7.34. The Morgan fingerprint density at radius 3 is 2.85 bits per heavy atom. The number of rotatable bonds is 3. The van der Waals surface area contributed by atoms with Gasteiger partial charge >= 0.3 is 0 Å². The Kier molecular flexibility index (Phi) is 2.91. The van der Waals surface area contributed by atoms with E-state index in [9.17, 15) is 9.59 Å². The van der Waals surface area contributed by atoms with Gasteiger partial charge in [-0.15, -0.1) is 0 Å². The first kappa shape index (κ1) is 9.59. The van der Waals surface area contributed by atoms with E-state index in [4.69, 9.17) is 5.73 Å². The molecule has 2 amide bonds. The molecule has 3 N–H and O–H groups in total. The lowest BCUT2D eigenvalue weighted by Crippen LogP contribution is -2.42. The van der Waals surface area contributed by atoms with Crippen molar-refractivity contribution >= 4 is 23.5 Å². The predicted molar refractivity (Wildman–Crippen MR) is 46.0 cm³/mol. The molecule has 70 valence electrons. The van der Waals surface area contributed by atoms with Crippen molar-refractivity contribution < 1.29 is 9.59 Å². The highest BCUT2D eigenvalue weighted by Gasteiger charge is 2.14. The number of carbonyl (C=O) groups excluding carboxylic acids is 2. The normalized spacial score (nSPS) is 12.1. The van der Waals surface area contributed by atoms with Crippen LogP contribution in [0, 0.1) is 0 Å². The third kappa shape index (κ3) is 2.48. The molecule has 1 aromatic heterocycles. The Bertz CT molecular complexity index is 310. The van der Waals surface area contributed by atoms with E-state index in [0.717, 1.165) is 11.7 Å². The van der Waals surface area contributed by atoms with Crippen molar-refractivity contribution in [1.82, 2.24) is 14.1 Å². The number of nitrogens with zero attached hydrogens (tertiary/aromatic N) is 2. The summed E-state index contributed by atoms with van der Waals surface area (Å²) in [6.45, 7) is 1.50. The van der Waals surface area contributed by atoms with Crippen LogP contribution in [0.2, 0.25) is 0 Å². The summed E-state index contributed by atoms with van der Waals surface area (Å²) in [4.78, 5) is 21.8. The quantitative estimate of drug-likeness (QED) is 0.663. The molecule has 0 aliphatic heterocycles. The Hall–Kier alpha value is -1.50. The van der Waals surface area contributed by atoms with Crippen LogP contribution >= 0.6 is 11.7 Å². The highest BCUT2D eigenvalue weighted by Crippen LogP contribution is 1.95. The summed E-state index contributed by atoms with van der Waals surface area (Å²) in [5, 5.41) is 2.37. The van der Waals surface area contributed by atoms with Gasteiger partial charge in [-0.3, -0.25) is 9.59 Å². The zero-order valence-electron chi connectivity index (χ0n) is 6.85. The van der Waals surface area contributed by atoms with Crippen LogP contribution in [0.5, 0.6) is 0 Å².